The van der Waals surface area contributed by atoms with Gasteiger partial charge in [-0.3, -0.25) is 9.89 Å². The molecule has 0 fully saturated rings. The third kappa shape index (κ3) is 4.56. The lowest BCUT2D eigenvalue weighted by Crippen LogP contribution is -2.20. The smallest absolute Gasteiger partial charge is 0.263 e. The molecule has 0 aliphatic carbocycles. The zero-order chi connectivity index (χ0) is 15.2. The van der Waals surface area contributed by atoms with Crippen molar-refractivity contribution >= 4 is 27.7 Å². The molecule has 0 saturated heterocycles. The SMILES string of the molecule is CCCc1cc(NC(=O)COc2ccc(F)cc2Br)n[nH]1. The fourth-order valence-electron chi connectivity index (χ4n) is 1.74. The van der Waals surface area contributed by atoms with E-state index in [0.717, 1.165) is 18.5 Å². The molecule has 0 saturated carbocycles. The number of halogens is 2. The number of rotatable bonds is 6. The van der Waals surface area contributed by atoms with Crippen molar-refractivity contribution in [3.05, 3.63) is 40.2 Å². The molecule has 0 aliphatic rings. The molecule has 1 aromatic carbocycles. The number of aromatic nitrogens is 2. The molecule has 5 nitrogen and oxygen atoms in total. The van der Waals surface area contributed by atoms with Gasteiger partial charge < -0.3 is 10.1 Å². The second kappa shape index (κ2) is 7.21. The van der Waals surface area contributed by atoms with Crippen molar-refractivity contribution in [1.29, 1.82) is 0 Å². The van der Waals surface area contributed by atoms with Crippen LogP contribution in [0.1, 0.15) is 19.0 Å². The monoisotopic (exact) mass is 355 g/mol. The average Bonchev–Trinajstić information content (AvgIpc) is 2.85. The molecule has 1 aromatic heterocycles. The number of hydrogen-bond acceptors (Lipinski definition) is 3. The molecule has 0 atom stereocenters. The summed E-state index contributed by atoms with van der Waals surface area (Å²) in [5.74, 6) is 0.157. The minimum absolute atomic E-state index is 0.180. The van der Waals surface area contributed by atoms with E-state index >= 15 is 0 Å². The van der Waals surface area contributed by atoms with Gasteiger partial charge in [-0.2, -0.15) is 5.10 Å². The quantitative estimate of drug-likeness (QED) is 0.835. The molecule has 0 unspecified atom stereocenters. The Balaban J connectivity index is 1.86. The van der Waals surface area contributed by atoms with Crippen molar-refractivity contribution in [1.82, 2.24) is 10.2 Å². The topological polar surface area (TPSA) is 67.0 Å². The second-order valence-corrected chi connectivity index (χ2v) is 5.29. The number of aryl methyl sites for hydroxylation is 1. The number of aromatic amines is 1. The van der Waals surface area contributed by atoms with Gasteiger partial charge in [0, 0.05) is 11.8 Å². The Hall–Kier alpha value is -1.89. The van der Waals surface area contributed by atoms with Gasteiger partial charge in [0.2, 0.25) is 0 Å². The van der Waals surface area contributed by atoms with E-state index in [9.17, 15) is 9.18 Å². The Morgan fingerprint density at radius 1 is 1.48 bits per heavy atom. The zero-order valence-corrected chi connectivity index (χ0v) is 13.0. The first kappa shape index (κ1) is 15.5. The number of amides is 1. The van der Waals surface area contributed by atoms with Crippen molar-refractivity contribution in [2.75, 3.05) is 11.9 Å². The summed E-state index contributed by atoms with van der Waals surface area (Å²) in [5, 5.41) is 9.46. The van der Waals surface area contributed by atoms with E-state index < -0.39 is 0 Å². The van der Waals surface area contributed by atoms with E-state index in [1.54, 1.807) is 6.07 Å². The number of H-pyrrole nitrogens is 1. The highest BCUT2D eigenvalue weighted by molar-refractivity contribution is 9.10. The normalized spacial score (nSPS) is 10.4. The van der Waals surface area contributed by atoms with Crippen LogP contribution in [-0.4, -0.2) is 22.7 Å². The zero-order valence-electron chi connectivity index (χ0n) is 11.5. The van der Waals surface area contributed by atoms with E-state index in [0.29, 0.717) is 16.0 Å². The average molecular weight is 356 g/mol. The van der Waals surface area contributed by atoms with E-state index in [-0.39, 0.29) is 18.3 Å². The Morgan fingerprint density at radius 3 is 3.00 bits per heavy atom. The third-order valence-electron chi connectivity index (χ3n) is 2.67. The Bertz CT molecular complexity index is 630. The Kier molecular flexibility index (Phi) is 5.32. The van der Waals surface area contributed by atoms with E-state index in [1.807, 2.05) is 0 Å². The molecule has 112 valence electrons. The highest BCUT2D eigenvalue weighted by atomic mass is 79.9. The van der Waals surface area contributed by atoms with Crippen molar-refractivity contribution in [3.63, 3.8) is 0 Å². The predicted octanol–water partition coefficient (Wildman–Crippen LogP) is 3.28. The maximum atomic E-state index is 12.9. The molecule has 0 aliphatic heterocycles. The Labute approximate surface area is 130 Å². The van der Waals surface area contributed by atoms with E-state index in [4.69, 9.17) is 4.74 Å². The molecule has 2 rings (SSSR count). The first-order valence-electron chi connectivity index (χ1n) is 6.50. The van der Waals surface area contributed by atoms with Gasteiger partial charge in [0.15, 0.2) is 12.4 Å². The molecular weight excluding hydrogens is 341 g/mol. The molecule has 0 bridgehead atoms. The van der Waals surface area contributed by atoms with Gasteiger partial charge >= 0.3 is 0 Å². The number of carbonyl (C=O) groups is 1. The second-order valence-electron chi connectivity index (χ2n) is 4.44. The lowest BCUT2D eigenvalue weighted by atomic mass is 10.2. The standard InChI is InChI=1S/C14H15BrFN3O2/c1-2-3-10-7-13(19-18-10)17-14(20)8-21-12-5-4-9(16)6-11(12)15/h4-7H,2-3,8H2,1H3,(H2,17,18,19,20). The molecule has 21 heavy (non-hydrogen) atoms. The highest BCUT2D eigenvalue weighted by Gasteiger charge is 2.09. The summed E-state index contributed by atoms with van der Waals surface area (Å²) >= 11 is 3.17. The number of ether oxygens (including phenoxy) is 1. The number of nitrogens with one attached hydrogen (secondary N) is 2. The van der Waals surface area contributed by atoms with Crippen LogP contribution in [0.3, 0.4) is 0 Å². The van der Waals surface area contributed by atoms with Crippen LogP contribution < -0.4 is 10.1 Å². The number of carbonyl (C=O) groups excluding carboxylic acids is 1. The summed E-state index contributed by atoms with van der Waals surface area (Å²) in [7, 11) is 0. The summed E-state index contributed by atoms with van der Waals surface area (Å²) in [6.45, 7) is 1.88. The first-order chi connectivity index (χ1) is 10.1. The molecule has 1 amide bonds. The maximum Gasteiger partial charge on any atom is 0.263 e. The molecule has 7 heteroatoms. The molecule has 0 radical (unpaired) electrons. The third-order valence-corrected chi connectivity index (χ3v) is 3.29. The number of anilines is 1. The minimum Gasteiger partial charge on any atom is -0.483 e. The van der Waals surface area contributed by atoms with Crippen LogP contribution in [0.2, 0.25) is 0 Å². The fourth-order valence-corrected chi connectivity index (χ4v) is 2.20. The molecular formula is C14H15BrFN3O2. The molecule has 0 spiro atoms. The molecule has 1 heterocycles. The minimum atomic E-state index is -0.376. The summed E-state index contributed by atoms with van der Waals surface area (Å²) in [6, 6.07) is 5.79. The summed E-state index contributed by atoms with van der Waals surface area (Å²) in [4.78, 5) is 11.8. The fraction of sp³-hybridized carbons (Fsp3) is 0.286. The van der Waals surface area contributed by atoms with Gasteiger partial charge in [-0.15, -0.1) is 0 Å². The van der Waals surface area contributed by atoms with Crippen molar-refractivity contribution in [2.24, 2.45) is 0 Å². The van der Waals surface area contributed by atoms with Crippen LogP contribution in [0.5, 0.6) is 5.75 Å². The van der Waals surface area contributed by atoms with Crippen LogP contribution in [0.4, 0.5) is 10.2 Å². The van der Waals surface area contributed by atoms with Crippen LogP contribution in [0.25, 0.3) is 0 Å². The van der Waals surface area contributed by atoms with Crippen LogP contribution in [0.15, 0.2) is 28.7 Å². The van der Waals surface area contributed by atoms with Crippen LogP contribution >= 0.6 is 15.9 Å². The van der Waals surface area contributed by atoms with Crippen molar-refractivity contribution in [2.45, 2.75) is 19.8 Å². The Morgan fingerprint density at radius 2 is 2.29 bits per heavy atom. The van der Waals surface area contributed by atoms with Crippen LogP contribution in [-0.2, 0) is 11.2 Å². The van der Waals surface area contributed by atoms with Gasteiger partial charge in [-0.1, -0.05) is 13.3 Å². The lowest BCUT2D eigenvalue weighted by molar-refractivity contribution is -0.118. The predicted molar refractivity (Wildman–Crippen MR) is 80.8 cm³/mol. The summed E-state index contributed by atoms with van der Waals surface area (Å²) in [5.41, 5.74) is 0.968. The van der Waals surface area contributed by atoms with Gasteiger partial charge in [0.25, 0.3) is 5.91 Å². The molecule has 2 N–H and O–H groups in total. The summed E-state index contributed by atoms with van der Waals surface area (Å²) in [6.07, 6.45) is 1.87. The molecule has 2 aromatic rings. The van der Waals surface area contributed by atoms with Gasteiger partial charge in [0.05, 0.1) is 4.47 Å². The van der Waals surface area contributed by atoms with Crippen molar-refractivity contribution in [3.8, 4) is 5.75 Å². The number of nitrogens with zero attached hydrogens (tertiary/aromatic N) is 1. The van der Waals surface area contributed by atoms with E-state index in [1.165, 1.54) is 18.2 Å². The summed E-state index contributed by atoms with van der Waals surface area (Å²) < 4.78 is 18.7. The van der Waals surface area contributed by atoms with Gasteiger partial charge in [-0.25, -0.2) is 4.39 Å². The number of benzene rings is 1. The first-order valence-corrected chi connectivity index (χ1v) is 7.29. The van der Waals surface area contributed by atoms with Gasteiger partial charge in [-0.05, 0) is 40.5 Å². The number of hydrogen-bond donors (Lipinski definition) is 2. The van der Waals surface area contributed by atoms with E-state index in [2.05, 4.69) is 38.4 Å². The van der Waals surface area contributed by atoms with Crippen molar-refractivity contribution < 1.29 is 13.9 Å². The maximum absolute atomic E-state index is 12.9. The largest absolute Gasteiger partial charge is 0.483 e. The van der Waals surface area contributed by atoms with Crippen LogP contribution in [0, 0.1) is 5.82 Å². The van der Waals surface area contributed by atoms with Gasteiger partial charge in [0.1, 0.15) is 11.6 Å². The highest BCUT2D eigenvalue weighted by Crippen LogP contribution is 2.25. The lowest BCUT2D eigenvalue weighted by Gasteiger charge is -2.07.